The number of carbonyl (C=O) groups excluding carboxylic acids is 1. The van der Waals surface area contributed by atoms with Crippen LogP contribution < -0.4 is 4.74 Å². The standard InChI is InChI=1S/C26H22FN3O2/c27-21-6-7-22-23(16-29-24(22)15-21)19-9-12-30(13-10-19)26(31)20-8-11-28-25(14-20)32-17-18-4-2-1-3-5-18/h1-9,11,14-16,29H,10,12-13,17H2. The molecule has 1 N–H and O–H groups in total. The zero-order valence-electron chi connectivity index (χ0n) is 17.4. The van der Waals surface area contributed by atoms with Crippen LogP contribution in [0.4, 0.5) is 4.39 Å². The summed E-state index contributed by atoms with van der Waals surface area (Å²) in [5.41, 5.74) is 4.60. The molecule has 1 amide bonds. The number of hydrogen-bond acceptors (Lipinski definition) is 3. The second-order valence-corrected chi connectivity index (χ2v) is 7.78. The Balaban J connectivity index is 1.27. The summed E-state index contributed by atoms with van der Waals surface area (Å²) >= 11 is 0. The predicted molar refractivity (Wildman–Crippen MR) is 122 cm³/mol. The normalized spacial score (nSPS) is 13.8. The largest absolute Gasteiger partial charge is 0.473 e. The summed E-state index contributed by atoms with van der Waals surface area (Å²) in [6.07, 6.45) is 6.32. The molecule has 0 atom stereocenters. The third-order valence-corrected chi connectivity index (χ3v) is 5.70. The van der Waals surface area contributed by atoms with Gasteiger partial charge in [0.2, 0.25) is 5.88 Å². The van der Waals surface area contributed by atoms with Gasteiger partial charge in [-0.15, -0.1) is 0 Å². The first-order chi connectivity index (χ1) is 15.7. The first-order valence-corrected chi connectivity index (χ1v) is 10.6. The van der Waals surface area contributed by atoms with Crippen LogP contribution in [0, 0.1) is 5.82 Å². The Morgan fingerprint density at radius 3 is 2.81 bits per heavy atom. The third kappa shape index (κ3) is 4.12. The number of rotatable bonds is 5. The number of aromatic nitrogens is 2. The van der Waals surface area contributed by atoms with Crippen LogP contribution in [0.5, 0.6) is 5.88 Å². The first kappa shape index (κ1) is 20.0. The fourth-order valence-electron chi connectivity index (χ4n) is 4.00. The van der Waals surface area contributed by atoms with Crippen molar-refractivity contribution in [1.29, 1.82) is 0 Å². The van der Waals surface area contributed by atoms with Crippen molar-refractivity contribution >= 4 is 22.4 Å². The van der Waals surface area contributed by atoms with Crippen LogP contribution in [0.3, 0.4) is 0 Å². The summed E-state index contributed by atoms with van der Waals surface area (Å²) in [6.45, 7) is 1.53. The number of aromatic amines is 1. The molecule has 2 aromatic heterocycles. The van der Waals surface area contributed by atoms with Crippen molar-refractivity contribution in [1.82, 2.24) is 14.9 Å². The van der Waals surface area contributed by atoms with E-state index in [4.69, 9.17) is 4.74 Å². The minimum atomic E-state index is -0.259. The van der Waals surface area contributed by atoms with E-state index < -0.39 is 0 Å². The van der Waals surface area contributed by atoms with Gasteiger partial charge in [0.05, 0.1) is 0 Å². The summed E-state index contributed by atoms with van der Waals surface area (Å²) in [5, 5.41) is 0.992. The Kier molecular flexibility index (Phi) is 5.42. The van der Waals surface area contributed by atoms with Gasteiger partial charge in [-0.1, -0.05) is 36.4 Å². The van der Waals surface area contributed by atoms with Crippen molar-refractivity contribution in [2.24, 2.45) is 0 Å². The minimum absolute atomic E-state index is 0.0479. The lowest BCUT2D eigenvalue weighted by Crippen LogP contribution is -2.34. The molecule has 0 spiro atoms. The maximum absolute atomic E-state index is 13.5. The average molecular weight is 427 g/mol. The molecule has 0 fully saturated rings. The summed E-state index contributed by atoms with van der Waals surface area (Å²) in [4.78, 5) is 22.2. The maximum atomic E-state index is 13.5. The summed E-state index contributed by atoms with van der Waals surface area (Å²) in [5.74, 6) is 0.122. The van der Waals surface area contributed by atoms with E-state index in [1.807, 2.05) is 41.4 Å². The van der Waals surface area contributed by atoms with Gasteiger partial charge in [-0.3, -0.25) is 4.79 Å². The van der Waals surface area contributed by atoms with Crippen molar-refractivity contribution in [2.45, 2.75) is 13.0 Å². The number of halogens is 1. The lowest BCUT2D eigenvalue weighted by Gasteiger charge is -2.26. The number of H-pyrrole nitrogens is 1. The minimum Gasteiger partial charge on any atom is -0.473 e. The fourth-order valence-corrected chi connectivity index (χ4v) is 4.00. The zero-order valence-corrected chi connectivity index (χ0v) is 17.4. The number of carbonyl (C=O) groups is 1. The van der Waals surface area contributed by atoms with Crippen molar-refractivity contribution in [3.8, 4) is 5.88 Å². The topological polar surface area (TPSA) is 58.2 Å². The molecule has 1 aliphatic heterocycles. The second kappa shape index (κ2) is 8.67. The first-order valence-electron chi connectivity index (χ1n) is 10.6. The molecule has 0 radical (unpaired) electrons. The molecule has 5 rings (SSSR count). The van der Waals surface area contributed by atoms with Crippen LogP contribution in [-0.2, 0) is 6.61 Å². The number of nitrogens with one attached hydrogen (secondary N) is 1. The van der Waals surface area contributed by atoms with Crippen LogP contribution in [0.2, 0.25) is 0 Å². The van der Waals surface area contributed by atoms with E-state index in [2.05, 4.69) is 16.0 Å². The molecule has 4 aromatic rings. The number of ether oxygens (including phenoxy) is 1. The van der Waals surface area contributed by atoms with Gasteiger partial charge in [0.1, 0.15) is 12.4 Å². The SMILES string of the molecule is O=C(c1ccnc(OCc2ccccc2)c1)N1CC=C(c2c[nH]c3cc(F)ccc23)CC1. The number of nitrogens with zero attached hydrogens (tertiary/aromatic N) is 2. The molecule has 160 valence electrons. The van der Waals surface area contributed by atoms with E-state index in [9.17, 15) is 9.18 Å². The molecular weight excluding hydrogens is 405 g/mol. The molecule has 1 aliphatic rings. The Labute approximate surface area is 185 Å². The molecular formula is C26H22FN3O2. The lowest BCUT2D eigenvalue weighted by atomic mass is 9.98. The fraction of sp³-hybridized carbons (Fsp3) is 0.154. The van der Waals surface area contributed by atoms with Crippen molar-refractivity contribution < 1.29 is 13.9 Å². The second-order valence-electron chi connectivity index (χ2n) is 7.78. The van der Waals surface area contributed by atoms with Crippen molar-refractivity contribution in [3.63, 3.8) is 0 Å². The van der Waals surface area contributed by atoms with E-state index in [0.717, 1.165) is 34.0 Å². The van der Waals surface area contributed by atoms with Gasteiger partial charge in [-0.05, 0) is 41.8 Å². The molecule has 2 aromatic carbocycles. The Hall–Kier alpha value is -3.93. The summed E-state index contributed by atoms with van der Waals surface area (Å²) in [7, 11) is 0. The molecule has 0 saturated carbocycles. The van der Waals surface area contributed by atoms with E-state index in [1.165, 1.54) is 12.1 Å². The van der Waals surface area contributed by atoms with Gasteiger partial charge in [-0.25, -0.2) is 9.37 Å². The zero-order chi connectivity index (χ0) is 21.9. The number of hydrogen-bond donors (Lipinski definition) is 1. The summed E-state index contributed by atoms with van der Waals surface area (Å²) in [6, 6.07) is 18.0. The quantitative estimate of drug-likeness (QED) is 0.476. The van der Waals surface area contributed by atoms with Crippen molar-refractivity contribution in [2.75, 3.05) is 13.1 Å². The van der Waals surface area contributed by atoms with E-state index in [0.29, 0.717) is 31.1 Å². The number of pyridine rings is 1. The van der Waals surface area contributed by atoms with Crippen LogP contribution in [0.25, 0.3) is 16.5 Å². The highest BCUT2D eigenvalue weighted by atomic mass is 19.1. The smallest absolute Gasteiger partial charge is 0.254 e. The number of fused-ring (bicyclic) bond motifs is 1. The molecule has 3 heterocycles. The highest BCUT2D eigenvalue weighted by molar-refractivity contribution is 5.96. The molecule has 0 bridgehead atoms. The van der Waals surface area contributed by atoms with E-state index in [1.54, 1.807) is 24.4 Å². The molecule has 0 saturated heterocycles. The average Bonchev–Trinajstić information content (AvgIpc) is 3.26. The third-order valence-electron chi connectivity index (χ3n) is 5.70. The Bertz CT molecular complexity index is 1300. The predicted octanol–water partition coefficient (Wildman–Crippen LogP) is 5.21. The van der Waals surface area contributed by atoms with Gasteiger partial charge in [0.25, 0.3) is 5.91 Å². The van der Waals surface area contributed by atoms with Crippen LogP contribution in [0.15, 0.2) is 79.1 Å². The molecule has 5 nitrogen and oxygen atoms in total. The summed E-state index contributed by atoms with van der Waals surface area (Å²) < 4.78 is 19.2. The molecule has 32 heavy (non-hydrogen) atoms. The Morgan fingerprint density at radius 2 is 2.00 bits per heavy atom. The maximum Gasteiger partial charge on any atom is 0.254 e. The lowest BCUT2D eigenvalue weighted by molar-refractivity contribution is 0.0772. The van der Waals surface area contributed by atoms with E-state index in [-0.39, 0.29) is 11.7 Å². The van der Waals surface area contributed by atoms with Gasteiger partial charge in [0.15, 0.2) is 0 Å². The van der Waals surface area contributed by atoms with Gasteiger partial charge in [0, 0.05) is 53.6 Å². The Morgan fingerprint density at radius 1 is 1.12 bits per heavy atom. The van der Waals surface area contributed by atoms with E-state index >= 15 is 0 Å². The molecule has 0 aliphatic carbocycles. The monoisotopic (exact) mass is 427 g/mol. The van der Waals surface area contributed by atoms with Gasteiger partial charge < -0.3 is 14.6 Å². The molecule has 6 heteroatoms. The van der Waals surface area contributed by atoms with Crippen LogP contribution in [-0.4, -0.2) is 33.9 Å². The van der Waals surface area contributed by atoms with Crippen LogP contribution >= 0.6 is 0 Å². The van der Waals surface area contributed by atoms with Gasteiger partial charge >= 0.3 is 0 Å². The van der Waals surface area contributed by atoms with Crippen LogP contribution in [0.1, 0.15) is 27.9 Å². The molecule has 0 unspecified atom stereocenters. The highest BCUT2D eigenvalue weighted by Gasteiger charge is 2.21. The number of benzene rings is 2. The van der Waals surface area contributed by atoms with Crippen molar-refractivity contribution in [3.05, 3.63) is 102 Å². The van der Waals surface area contributed by atoms with Gasteiger partial charge in [-0.2, -0.15) is 0 Å². The highest BCUT2D eigenvalue weighted by Crippen LogP contribution is 2.30. The number of amides is 1.